The minimum Gasteiger partial charge on any atom is -0.343 e. The average Bonchev–Trinajstić information content (AvgIpc) is 2.87. The van der Waals surface area contributed by atoms with Crippen molar-refractivity contribution in [1.82, 2.24) is 10.2 Å². The van der Waals surface area contributed by atoms with Gasteiger partial charge in [-0.2, -0.15) is 0 Å². The molecule has 1 aliphatic heterocycles. The summed E-state index contributed by atoms with van der Waals surface area (Å²) in [7, 11) is 0. The van der Waals surface area contributed by atoms with E-state index in [9.17, 15) is 9.59 Å². The van der Waals surface area contributed by atoms with Crippen LogP contribution >= 0.6 is 0 Å². The molecule has 0 aromatic rings. The lowest BCUT2D eigenvalue weighted by Crippen LogP contribution is -2.59. The van der Waals surface area contributed by atoms with E-state index in [2.05, 4.69) is 26.1 Å². The minimum absolute atomic E-state index is 0.00986. The highest BCUT2D eigenvalue weighted by molar-refractivity contribution is 5.95. The van der Waals surface area contributed by atoms with Gasteiger partial charge in [0, 0.05) is 6.04 Å². The van der Waals surface area contributed by atoms with Crippen LogP contribution in [0.3, 0.4) is 0 Å². The highest BCUT2D eigenvalue weighted by Gasteiger charge is 2.45. The minimum atomic E-state index is -0.297. The molecule has 16 heavy (non-hydrogen) atoms. The topological polar surface area (TPSA) is 49.4 Å². The van der Waals surface area contributed by atoms with Crippen molar-refractivity contribution in [3.63, 3.8) is 0 Å². The third-order valence-electron chi connectivity index (χ3n) is 3.40. The summed E-state index contributed by atoms with van der Waals surface area (Å²) in [5.41, 5.74) is 0. The lowest BCUT2D eigenvalue weighted by atomic mass is 10.0. The Labute approximate surface area is 96.4 Å². The van der Waals surface area contributed by atoms with Crippen molar-refractivity contribution in [2.24, 2.45) is 11.8 Å². The van der Waals surface area contributed by atoms with Crippen LogP contribution in [0, 0.1) is 11.8 Å². The van der Waals surface area contributed by atoms with Gasteiger partial charge >= 0.3 is 0 Å². The molecule has 1 saturated heterocycles. The lowest BCUT2D eigenvalue weighted by molar-refractivity contribution is -0.145. The Morgan fingerprint density at radius 2 is 2.06 bits per heavy atom. The molecule has 1 heterocycles. The van der Waals surface area contributed by atoms with Gasteiger partial charge in [-0.3, -0.25) is 9.59 Å². The monoisotopic (exact) mass is 224 g/mol. The molecule has 0 radical (unpaired) electrons. The van der Waals surface area contributed by atoms with E-state index in [0.717, 1.165) is 12.8 Å². The summed E-state index contributed by atoms with van der Waals surface area (Å²) in [6, 6.07) is 0.0160. The molecule has 2 aliphatic rings. The second kappa shape index (κ2) is 4.07. The van der Waals surface area contributed by atoms with Gasteiger partial charge in [-0.1, -0.05) is 20.8 Å². The number of nitrogens with one attached hydrogen (secondary N) is 1. The SMILES string of the molecule is CC(C)CC1NC(=O)CN(C2CC2C)C1=O. The Kier molecular flexibility index (Phi) is 2.91. The van der Waals surface area contributed by atoms with Crippen LogP contribution in [0.5, 0.6) is 0 Å². The van der Waals surface area contributed by atoms with Crippen LogP contribution in [0.15, 0.2) is 0 Å². The third kappa shape index (κ3) is 2.20. The zero-order chi connectivity index (χ0) is 11.9. The van der Waals surface area contributed by atoms with Gasteiger partial charge in [0.25, 0.3) is 0 Å². The number of hydrogen-bond acceptors (Lipinski definition) is 2. The van der Waals surface area contributed by atoms with Crippen molar-refractivity contribution < 1.29 is 9.59 Å². The van der Waals surface area contributed by atoms with Crippen molar-refractivity contribution in [1.29, 1.82) is 0 Å². The highest BCUT2D eigenvalue weighted by Crippen LogP contribution is 2.36. The normalized spacial score (nSPS) is 34.2. The number of rotatable bonds is 3. The Morgan fingerprint density at radius 1 is 1.44 bits per heavy atom. The predicted octanol–water partition coefficient (Wildman–Crippen LogP) is 0.768. The molecule has 0 aromatic carbocycles. The van der Waals surface area contributed by atoms with E-state index in [4.69, 9.17) is 0 Å². The zero-order valence-corrected chi connectivity index (χ0v) is 10.2. The molecule has 1 aliphatic carbocycles. The fourth-order valence-electron chi connectivity index (χ4n) is 2.38. The summed E-state index contributed by atoms with van der Waals surface area (Å²) < 4.78 is 0. The number of hydrogen-bond donors (Lipinski definition) is 1. The number of nitrogens with zero attached hydrogens (tertiary/aromatic N) is 1. The maximum absolute atomic E-state index is 12.1. The molecule has 1 N–H and O–H groups in total. The van der Waals surface area contributed by atoms with E-state index < -0.39 is 0 Å². The molecular formula is C12H20N2O2. The molecule has 90 valence electrons. The Morgan fingerprint density at radius 3 is 2.56 bits per heavy atom. The number of amides is 2. The van der Waals surface area contributed by atoms with Crippen LogP contribution in [-0.4, -0.2) is 35.3 Å². The van der Waals surface area contributed by atoms with Gasteiger partial charge in [-0.15, -0.1) is 0 Å². The zero-order valence-electron chi connectivity index (χ0n) is 10.2. The van der Waals surface area contributed by atoms with Gasteiger partial charge in [0.05, 0.1) is 6.54 Å². The molecule has 2 fully saturated rings. The Balaban J connectivity index is 2.04. The molecule has 4 nitrogen and oxygen atoms in total. The van der Waals surface area contributed by atoms with Crippen LogP contribution in [0.2, 0.25) is 0 Å². The van der Waals surface area contributed by atoms with E-state index in [1.54, 1.807) is 4.90 Å². The summed E-state index contributed by atoms with van der Waals surface area (Å²) in [6.07, 6.45) is 1.79. The van der Waals surface area contributed by atoms with Crippen molar-refractivity contribution >= 4 is 11.8 Å². The molecule has 2 rings (SSSR count). The van der Waals surface area contributed by atoms with Crippen molar-refractivity contribution in [3.8, 4) is 0 Å². The van der Waals surface area contributed by atoms with Crippen molar-refractivity contribution in [2.45, 2.75) is 45.7 Å². The Hall–Kier alpha value is -1.06. The van der Waals surface area contributed by atoms with Crippen LogP contribution in [-0.2, 0) is 9.59 Å². The molecule has 3 unspecified atom stereocenters. The molecule has 0 bridgehead atoms. The van der Waals surface area contributed by atoms with E-state index in [0.29, 0.717) is 17.9 Å². The molecule has 2 amide bonds. The standard InChI is InChI=1S/C12H20N2O2/c1-7(2)4-9-12(16)14(6-11(15)13-9)10-5-8(10)3/h7-10H,4-6H2,1-3H3,(H,13,15). The lowest BCUT2D eigenvalue weighted by Gasteiger charge is -2.33. The third-order valence-corrected chi connectivity index (χ3v) is 3.40. The van der Waals surface area contributed by atoms with Crippen LogP contribution in [0.4, 0.5) is 0 Å². The number of carbonyl (C=O) groups excluding carboxylic acids is 2. The van der Waals surface area contributed by atoms with Crippen LogP contribution in [0.25, 0.3) is 0 Å². The Bertz CT molecular complexity index is 314. The maximum Gasteiger partial charge on any atom is 0.245 e. The van der Waals surface area contributed by atoms with Gasteiger partial charge in [-0.05, 0) is 24.7 Å². The summed E-state index contributed by atoms with van der Waals surface area (Å²) in [4.78, 5) is 25.5. The molecule has 1 saturated carbocycles. The maximum atomic E-state index is 12.1. The van der Waals surface area contributed by atoms with Gasteiger partial charge in [-0.25, -0.2) is 0 Å². The van der Waals surface area contributed by atoms with E-state index in [1.165, 1.54) is 0 Å². The summed E-state index contributed by atoms with van der Waals surface area (Å²) >= 11 is 0. The quantitative estimate of drug-likeness (QED) is 0.769. The summed E-state index contributed by atoms with van der Waals surface area (Å²) in [5, 5.41) is 2.79. The first-order valence-electron chi connectivity index (χ1n) is 6.09. The average molecular weight is 224 g/mol. The first-order chi connectivity index (χ1) is 7.49. The van der Waals surface area contributed by atoms with Gasteiger partial charge in [0.2, 0.25) is 11.8 Å². The molecule has 0 spiro atoms. The van der Waals surface area contributed by atoms with E-state index in [1.807, 2.05) is 0 Å². The first kappa shape index (κ1) is 11.4. The fourth-order valence-corrected chi connectivity index (χ4v) is 2.38. The van der Waals surface area contributed by atoms with Gasteiger partial charge < -0.3 is 10.2 Å². The van der Waals surface area contributed by atoms with Crippen LogP contribution in [0.1, 0.15) is 33.6 Å². The van der Waals surface area contributed by atoms with Gasteiger partial charge in [0.15, 0.2) is 0 Å². The number of carbonyl (C=O) groups is 2. The summed E-state index contributed by atoms with van der Waals surface area (Å²) in [6.45, 7) is 6.51. The molecule has 0 aromatic heterocycles. The first-order valence-corrected chi connectivity index (χ1v) is 6.09. The van der Waals surface area contributed by atoms with Crippen LogP contribution < -0.4 is 5.32 Å². The number of piperazine rings is 1. The second-order valence-electron chi connectivity index (χ2n) is 5.50. The van der Waals surface area contributed by atoms with E-state index >= 15 is 0 Å². The molecule has 4 heteroatoms. The highest BCUT2D eigenvalue weighted by atomic mass is 16.2. The van der Waals surface area contributed by atoms with Gasteiger partial charge in [0.1, 0.15) is 6.04 Å². The predicted molar refractivity (Wildman–Crippen MR) is 60.7 cm³/mol. The van der Waals surface area contributed by atoms with Crippen molar-refractivity contribution in [2.75, 3.05) is 6.54 Å². The summed E-state index contributed by atoms with van der Waals surface area (Å²) in [5.74, 6) is 1.09. The second-order valence-corrected chi connectivity index (χ2v) is 5.50. The fraction of sp³-hybridized carbons (Fsp3) is 0.833. The van der Waals surface area contributed by atoms with Crippen molar-refractivity contribution in [3.05, 3.63) is 0 Å². The largest absolute Gasteiger partial charge is 0.343 e. The smallest absolute Gasteiger partial charge is 0.245 e. The molecule has 3 atom stereocenters. The molecular weight excluding hydrogens is 204 g/mol. The van der Waals surface area contributed by atoms with E-state index in [-0.39, 0.29) is 24.4 Å².